The van der Waals surface area contributed by atoms with Crippen LogP contribution in [0.25, 0.3) is 0 Å². The Morgan fingerprint density at radius 3 is 2.62 bits per heavy atom. The molecule has 0 unspecified atom stereocenters. The zero-order valence-electron chi connectivity index (χ0n) is 11.5. The molecule has 0 aromatic carbocycles. The molecule has 2 aromatic rings. The van der Waals surface area contributed by atoms with Crippen molar-refractivity contribution < 1.29 is 9.90 Å². The largest absolute Gasteiger partial charge is 0.478 e. The van der Waals surface area contributed by atoms with Gasteiger partial charge in [0.25, 0.3) is 5.56 Å². The van der Waals surface area contributed by atoms with Crippen molar-refractivity contribution in [3.05, 3.63) is 39.8 Å². The number of aromatic carboxylic acids is 1. The molecule has 0 amide bonds. The highest BCUT2D eigenvalue weighted by molar-refractivity contribution is 7.99. The number of pyridine rings is 1. The van der Waals surface area contributed by atoms with E-state index >= 15 is 0 Å². The predicted molar refractivity (Wildman–Crippen MR) is 78.7 cm³/mol. The number of carboxylic acids is 1. The van der Waals surface area contributed by atoms with Gasteiger partial charge in [-0.2, -0.15) is 0 Å². The Bertz CT molecular complexity index is 742. The summed E-state index contributed by atoms with van der Waals surface area (Å²) in [5.74, 6) is -0.855. The molecular formula is C13H14N4O3S. The van der Waals surface area contributed by atoms with E-state index in [9.17, 15) is 9.59 Å². The number of nitrogen functional groups attached to an aromatic ring is 1. The summed E-state index contributed by atoms with van der Waals surface area (Å²) in [6.45, 7) is 3.84. The SMILES string of the molecule is CC(C)c1cc(C(=O)O)cc(Sc2nc(N)cc(=O)[nH]2)n1. The van der Waals surface area contributed by atoms with Crippen LogP contribution >= 0.6 is 11.8 Å². The van der Waals surface area contributed by atoms with Crippen molar-refractivity contribution in [2.24, 2.45) is 0 Å². The zero-order valence-corrected chi connectivity index (χ0v) is 12.3. The van der Waals surface area contributed by atoms with Crippen LogP contribution in [0.4, 0.5) is 5.82 Å². The fourth-order valence-corrected chi connectivity index (χ4v) is 2.44. The van der Waals surface area contributed by atoms with Crippen LogP contribution in [0.15, 0.2) is 33.2 Å². The molecular weight excluding hydrogens is 292 g/mol. The Hall–Kier alpha value is -2.35. The van der Waals surface area contributed by atoms with E-state index < -0.39 is 5.97 Å². The van der Waals surface area contributed by atoms with Gasteiger partial charge in [-0.05, 0) is 29.8 Å². The fourth-order valence-electron chi connectivity index (χ4n) is 1.60. The van der Waals surface area contributed by atoms with E-state index in [1.54, 1.807) is 0 Å². The van der Waals surface area contributed by atoms with E-state index in [4.69, 9.17) is 10.8 Å². The lowest BCUT2D eigenvalue weighted by Gasteiger charge is -2.08. The quantitative estimate of drug-likeness (QED) is 0.735. The van der Waals surface area contributed by atoms with Crippen LogP contribution in [-0.2, 0) is 0 Å². The number of carboxylic acid groups (broad SMARTS) is 1. The third-order valence-corrected chi connectivity index (χ3v) is 3.41. The van der Waals surface area contributed by atoms with Crippen LogP contribution in [0.1, 0.15) is 35.8 Å². The number of aromatic nitrogens is 3. The first-order valence-electron chi connectivity index (χ1n) is 6.15. The van der Waals surface area contributed by atoms with Gasteiger partial charge in [-0.15, -0.1) is 0 Å². The van der Waals surface area contributed by atoms with Gasteiger partial charge in [-0.25, -0.2) is 14.8 Å². The van der Waals surface area contributed by atoms with Crippen molar-refractivity contribution in [2.45, 2.75) is 29.9 Å². The molecule has 2 heterocycles. The highest BCUT2D eigenvalue weighted by Gasteiger charge is 2.12. The lowest BCUT2D eigenvalue weighted by atomic mass is 10.1. The molecule has 0 saturated heterocycles. The summed E-state index contributed by atoms with van der Waals surface area (Å²) in [6.07, 6.45) is 0. The average molecular weight is 306 g/mol. The summed E-state index contributed by atoms with van der Waals surface area (Å²) in [5.41, 5.74) is 5.94. The van der Waals surface area contributed by atoms with Gasteiger partial charge in [0.2, 0.25) is 0 Å². The summed E-state index contributed by atoms with van der Waals surface area (Å²) in [7, 11) is 0. The van der Waals surface area contributed by atoms with Gasteiger partial charge < -0.3 is 15.8 Å². The number of anilines is 1. The minimum Gasteiger partial charge on any atom is -0.478 e. The maximum atomic E-state index is 11.3. The van der Waals surface area contributed by atoms with Crippen LogP contribution in [0.5, 0.6) is 0 Å². The van der Waals surface area contributed by atoms with Crippen molar-refractivity contribution in [1.29, 1.82) is 0 Å². The number of nitrogens with zero attached hydrogens (tertiary/aromatic N) is 2. The smallest absolute Gasteiger partial charge is 0.335 e. The van der Waals surface area contributed by atoms with Crippen LogP contribution in [0.3, 0.4) is 0 Å². The Morgan fingerprint density at radius 1 is 1.33 bits per heavy atom. The summed E-state index contributed by atoms with van der Waals surface area (Å²) in [5, 5.41) is 9.84. The summed E-state index contributed by atoms with van der Waals surface area (Å²) < 4.78 is 0. The standard InChI is InChI=1S/C13H14N4O3S/c1-6(2)8-3-7(12(19)20)4-11(15-8)21-13-16-9(14)5-10(18)17-13/h3-6H,1-2H3,(H,19,20)(H3,14,16,17,18). The van der Waals surface area contributed by atoms with Crippen molar-refractivity contribution in [1.82, 2.24) is 15.0 Å². The normalized spacial score (nSPS) is 10.8. The van der Waals surface area contributed by atoms with Crippen molar-refractivity contribution >= 4 is 23.5 Å². The van der Waals surface area contributed by atoms with Gasteiger partial charge in [-0.1, -0.05) is 13.8 Å². The topological polar surface area (TPSA) is 122 Å². The van der Waals surface area contributed by atoms with Crippen LogP contribution in [0.2, 0.25) is 0 Å². The Balaban J connectivity index is 2.43. The summed E-state index contributed by atoms with van der Waals surface area (Å²) >= 11 is 1.06. The predicted octanol–water partition coefficient (Wildman–Crippen LogP) is 1.72. The van der Waals surface area contributed by atoms with Gasteiger partial charge in [0.1, 0.15) is 10.8 Å². The van der Waals surface area contributed by atoms with Gasteiger partial charge in [0, 0.05) is 11.8 Å². The molecule has 0 aliphatic heterocycles. The number of hydrogen-bond donors (Lipinski definition) is 3. The Kier molecular flexibility index (Phi) is 4.27. The van der Waals surface area contributed by atoms with Gasteiger partial charge in [-0.3, -0.25) is 4.79 Å². The van der Waals surface area contributed by atoms with E-state index in [1.807, 2.05) is 13.8 Å². The van der Waals surface area contributed by atoms with E-state index in [1.165, 1.54) is 18.2 Å². The molecule has 0 fully saturated rings. The fraction of sp³-hybridized carbons (Fsp3) is 0.231. The molecule has 110 valence electrons. The molecule has 2 rings (SSSR count). The second kappa shape index (κ2) is 5.96. The molecule has 4 N–H and O–H groups in total. The Labute approximate surface area is 124 Å². The lowest BCUT2D eigenvalue weighted by Crippen LogP contribution is -2.09. The minimum absolute atomic E-state index is 0.0801. The molecule has 0 bridgehead atoms. The molecule has 0 aliphatic carbocycles. The monoisotopic (exact) mass is 306 g/mol. The molecule has 0 spiro atoms. The minimum atomic E-state index is -1.03. The number of nitrogens with two attached hydrogens (primary N) is 1. The maximum absolute atomic E-state index is 11.3. The highest BCUT2D eigenvalue weighted by atomic mass is 32.2. The van der Waals surface area contributed by atoms with E-state index in [-0.39, 0.29) is 28.0 Å². The third kappa shape index (κ3) is 3.82. The molecule has 21 heavy (non-hydrogen) atoms. The molecule has 7 nitrogen and oxygen atoms in total. The number of carbonyl (C=O) groups is 1. The third-order valence-electron chi connectivity index (χ3n) is 2.60. The first-order valence-corrected chi connectivity index (χ1v) is 6.97. The van der Waals surface area contributed by atoms with Crippen molar-refractivity contribution in [3.63, 3.8) is 0 Å². The van der Waals surface area contributed by atoms with E-state index in [0.717, 1.165) is 11.8 Å². The van der Waals surface area contributed by atoms with Crippen LogP contribution < -0.4 is 11.3 Å². The maximum Gasteiger partial charge on any atom is 0.335 e. The van der Waals surface area contributed by atoms with Gasteiger partial charge in [0.05, 0.1) is 5.56 Å². The highest BCUT2D eigenvalue weighted by Crippen LogP contribution is 2.26. The molecule has 8 heteroatoms. The average Bonchev–Trinajstić information content (AvgIpc) is 2.36. The van der Waals surface area contributed by atoms with Gasteiger partial charge >= 0.3 is 5.97 Å². The molecule has 0 aliphatic rings. The van der Waals surface area contributed by atoms with Crippen LogP contribution in [0, 0.1) is 0 Å². The first kappa shape index (κ1) is 15.0. The van der Waals surface area contributed by atoms with Gasteiger partial charge in [0.15, 0.2) is 5.16 Å². The first-order chi connectivity index (χ1) is 9.85. The van der Waals surface area contributed by atoms with E-state index in [2.05, 4.69) is 15.0 Å². The lowest BCUT2D eigenvalue weighted by molar-refractivity contribution is 0.0696. The molecule has 0 atom stereocenters. The molecule has 2 aromatic heterocycles. The second-order valence-corrected chi connectivity index (χ2v) is 5.67. The number of rotatable bonds is 4. The zero-order chi connectivity index (χ0) is 15.6. The number of aromatic amines is 1. The number of hydrogen-bond acceptors (Lipinski definition) is 6. The number of nitrogens with one attached hydrogen (secondary N) is 1. The van der Waals surface area contributed by atoms with Crippen molar-refractivity contribution in [3.8, 4) is 0 Å². The van der Waals surface area contributed by atoms with Crippen molar-refractivity contribution in [2.75, 3.05) is 5.73 Å². The van der Waals surface area contributed by atoms with E-state index in [0.29, 0.717) is 10.7 Å². The Morgan fingerprint density at radius 2 is 2.05 bits per heavy atom. The summed E-state index contributed by atoms with van der Waals surface area (Å²) in [4.78, 5) is 33.4. The summed E-state index contributed by atoms with van der Waals surface area (Å²) in [6, 6.07) is 4.14. The molecule has 0 radical (unpaired) electrons. The second-order valence-electron chi connectivity index (χ2n) is 4.66. The molecule has 0 saturated carbocycles. The number of H-pyrrole nitrogens is 1. The van der Waals surface area contributed by atoms with Crippen LogP contribution in [-0.4, -0.2) is 26.0 Å².